The van der Waals surface area contributed by atoms with Gasteiger partial charge < -0.3 is 10.1 Å². The second-order valence-electron chi connectivity index (χ2n) is 8.19. The van der Waals surface area contributed by atoms with Crippen molar-refractivity contribution < 1.29 is 18.3 Å². The van der Waals surface area contributed by atoms with Gasteiger partial charge >= 0.3 is 6.09 Å². The number of hydrogen-bond donors (Lipinski definition) is 1. The van der Waals surface area contributed by atoms with Crippen LogP contribution >= 0.6 is 11.6 Å². The summed E-state index contributed by atoms with van der Waals surface area (Å²) >= 11 is 6.25. The quantitative estimate of drug-likeness (QED) is 0.595. The van der Waals surface area contributed by atoms with Crippen LogP contribution in [0.2, 0.25) is 5.02 Å². The van der Waals surface area contributed by atoms with Crippen molar-refractivity contribution in [2.24, 2.45) is 0 Å². The zero-order valence-electron chi connectivity index (χ0n) is 17.7. The summed E-state index contributed by atoms with van der Waals surface area (Å²) in [6.45, 7) is 8.48. The zero-order chi connectivity index (χ0) is 23.1. The van der Waals surface area contributed by atoms with Gasteiger partial charge in [-0.05, 0) is 58.4 Å². The summed E-state index contributed by atoms with van der Waals surface area (Å²) in [5, 5.41) is 2.88. The molecule has 0 aliphatic carbocycles. The van der Waals surface area contributed by atoms with Crippen molar-refractivity contribution >= 4 is 28.6 Å². The van der Waals surface area contributed by atoms with E-state index in [1.165, 1.54) is 0 Å². The van der Waals surface area contributed by atoms with E-state index >= 15 is 0 Å². The van der Waals surface area contributed by atoms with E-state index in [9.17, 15) is 18.4 Å². The first kappa shape index (κ1) is 22.7. The lowest BCUT2D eigenvalue weighted by atomic mass is 10.1. The number of aryl methyl sites for hydroxylation is 1. The van der Waals surface area contributed by atoms with Crippen LogP contribution in [0.5, 0.6) is 0 Å². The Morgan fingerprint density at radius 1 is 1.19 bits per heavy atom. The smallest absolute Gasteiger partial charge is 0.408 e. The van der Waals surface area contributed by atoms with Gasteiger partial charge in [-0.3, -0.25) is 9.36 Å². The highest BCUT2D eigenvalue weighted by atomic mass is 35.5. The van der Waals surface area contributed by atoms with E-state index in [0.29, 0.717) is 17.1 Å². The van der Waals surface area contributed by atoms with Crippen molar-refractivity contribution in [2.75, 3.05) is 0 Å². The normalized spacial score (nSPS) is 12.6. The highest BCUT2D eigenvalue weighted by molar-refractivity contribution is 6.35. The molecule has 0 bridgehead atoms. The van der Waals surface area contributed by atoms with Crippen molar-refractivity contribution in [1.29, 1.82) is 0 Å². The van der Waals surface area contributed by atoms with Gasteiger partial charge in [-0.25, -0.2) is 18.6 Å². The third-order valence-electron chi connectivity index (χ3n) is 4.43. The number of fused-ring (bicyclic) bond motifs is 1. The predicted molar refractivity (Wildman–Crippen MR) is 115 cm³/mol. The average Bonchev–Trinajstić information content (AvgIpc) is 2.61. The van der Waals surface area contributed by atoms with Crippen LogP contribution < -0.4 is 10.9 Å². The fraction of sp³-hybridized carbons (Fsp3) is 0.318. The minimum Gasteiger partial charge on any atom is -0.444 e. The van der Waals surface area contributed by atoms with Crippen LogP contribution in [0.3, 0.4) is 0 Å². The molecule has 9 heteroatoms. The molecule has 3 rings (SSSR count). The Bertz CT molecular complexity index is 1220. The lowest BCUT2D eigenvalue weighted by Crippen LogP contribution is -2.37. The molecule has 1 N–H and O–H groups in total. The summed E-state index contributed by atoms with van der Waals surface area (Å²) in [5.74, 6) is -1.66. The molecule has 0 fully saturated rings. The molecule has 164 valence electrons. The van der Waals surface area contributed by atoms with Gasteiger partial charge in [0.15, 0.2) is 0 Å². The Balaban J connectivity index is 2.27. The Labute approximate surface area is 182 Å². The van der Waals surface area contributed by atoms with E-state index in [2.05, 4.69) is 10.3 Å². The molecule has 1 heterocycles. The molecular formula is C22H22ClF2N3O3. The van der Waals surface area contributed by atoms with E-state index in [1.54, 1.807) is 46.8 Å². The van der Waals surface area contributed by atoms with E-state index in [4.69, 9.17) is 16.3 Å². The average molecular weight is 450 g/mol. The molecule has 1 unspecified atom stereocenters. The van der Waals surface area contributed by atoms with Crippen LogP contribution in [0.4, 0.5) is 13.6 Å². The number of ether oxygens (including phenoxy) is 1. The molecule has 0 spiro atoms. The second-order valence-corrected chi connectivity index (χ2v) is 8.60. The number of halogens is 3. The van der Waals surface area contributed by atoms with E-state index in [0.717, 1.165) is 16.7 Å². The lowest BCUT2D eigenvalue weighted by molar-refractivity contribution is 0.0505. The number of hydrogen-bond acceptors (Lipinski definition) is 4. The maximum atomic E-state index is 13.9. The van der Waals surface area contributed by atoms with Gasteiger partial charge in [0, 0.05) is 6.07 Å². The van der Waals surface area contributed by atoms with Gasteiger partial charge in [0.2, 0.25) is 0 Å². The summed E-state index contributed by atoms with van der Waals surface area (Å²) in [6.07, 6.45) is -0.728. The van der Waals surface area contributed by atoms with E-state index in [-0.39, 0.29) is 21.9 Å². The molecular weight excluding hydrogens is 428 g/mol. The number of amides is 1. The number of nitrogens with zero attached hydrogens (tertiary/aromatic N) is 2. The molecule has 0 saturated heterocycles. The van der Waals surface area contributed by atoms with Gasteiger partial charge in [-0.2, -0.15) is 0 Å². The molecule has 0 aliphatic rings. The third-order valence-corrected chi connectivity index (χ3v) is 4.74. The number of rotatable bonds is 3. The minimum atomic E-state index is -0.865. The largest absolute Gasteiger partial charge is 0.444 e. The van der Waals surface area contributed by atoms with E-state index < -0.39 is 34.9 Å². The van der Waals surface area contributed by atoms with Crippen LogP contribution in [0, 0.1) is 18.6 Å². The monoisotopic (exact) mass is 449 g/mol. The minimum absolute atomic E-state index is 0.0683. The number of aromatic nitrogens is 2. The Hall–Kier alpha value is -3.00. The molecule has 31 heavy (non-hydrogen) atoms. The summed E-state index contributed by atoms with van der Waals surface area (Å²) in [5.41, 5.74) is -0.423. The van der Waals surface area contributed by atoms with Crippen molar-refractivity contribution in [3.63, 3.8) is 0 Å². The van der Waals surface area contributed by atoms with Gasteiger partial charge in [-0.15, -0.1) is 0 Å². The molecule has 1 amide bonds. The first-order valence-electron chi connectivity index (χ1n) is 9.55. The molecule has 3 aromatic rings. The molecule has 6 nitrogen and oxygen atoms in total. The number of carbonyl (C=O) groups is 1. The van der Waals surface area contributed by atoms with Crippen LogP contribution in [0.1, 0.15) is 45.1 Å². The number of nitrogens with one attached hydrogen (secondary N) is 1. The van der Waals surface area contributed by atoms with Crippen LogP contribution in [-0.2, 0) is 4.74 Å². The highest BCUT2D eigenvalue weighted by Gasteiger charge is 2.24. The molecule has 2 aromatic carbocycles. The first-order valence-corrected chi connectivity index (χ1v) is 9.93. The van der Waals surface area contributed by atoms with Gasteiger partial charge in [0.25, 0.3) is 5.56 Å². The fourth-order valence-electron chi connectivity index (χ4n) is 3.16. The molecule has 0 saturated carbocycles. The number of carbonyl (C=O) groups excluding carboxylic acids is 1. The van der Waals surface area contributed by atoms with Gasteiger partial charge in [0.05, 0.1) is 27.7 Å². The van der Waals surface area contributed by atoms with Crippen LogP contribution in [0.15, 0.2) is 35.1 Å². The standard InChI is InChI=1S/C22H22ClF2N3O3/c1-11-6-7-16(23)17-18(11)27-19(12(2)26-21(30)31-22(3,4)5)28(20(17)29)15-9-13(24)8-14(25)10-15/h6-10,12H,1-5H3,(H,26,30). The third kappa shape index (κ3) is 4.85. The SMILES string of the molecule is Cc1ccc(Cl)c2c(=O)n(-c3cc(F)cc(F)c3)c(C(C)NC(=O)OC(C)(C)C)nc12. The van der Waals surface area contributed by atoms with Crippen molar-refractivity contribution in [1.82, 2.24) is 14.9 Å². The predicted octanol–water partition coefficient (Wildman–Crippen LogP) is 5.21. The lowest BCUT2D eigenvalue weighted by Gasteiger charge is -2.23. The molecule has 0 radical (unpaired) electrons. The zero-order valence-corrected chi connectivity index (χ0v) is 18.5. The van der Waals surface area contributed by atoms with Crippen molar-refractivity contribution in [2.45, 2.75) is 46.3 Å². The molecule has 0 aliphatic heterocycles. The Morgan fingerprint density at radius 3 is 2.39 bits per heavy atom. The highest BCUT2D eigenvalue weighted by Crippen LogP contribution is 2.26. The topological polar surface area (TPSA) is 73.2 Å². The fourth-order valence-corrected chi connectivity index (χ4v) is 3.39. The Kier molecular flexibility index (Phi) is 6.04. The first-order chi connectivity index (χ1) is 14.4. The maximum Gasteiger partial charge on any atom is 0.408 e. The molecule has 1 aromatic heterocycles. The van der Waals surface area contributed by atoms with Crippen molar-refractivity contribution in [3.05, 3.63) is 68.7 Å². The summed E-state index contributed by atoms with van der Waals surface area (Å²) in [7, 11) is 0. The van der Waals surface area contributed by atoms with Crippen molar-refractivity contribution in [3.8, 4) is 5.69 Å². The summed E-state index contributed by atoms with van der Waals surface area (Å²) < 4.78 is 34.2. The molecule has 1 atom stereocenters. The van der Waals surface area contributed by atoms with Crippen LogP contribution in [0.25, 0.3) is 16.6 Å². The second kappa shape index (κ2) is 8.26. The number of benzene rings is 2. The van der Waals surface area contributed by atoms with E-state index in [1.807, 2.05) is 0 Å². The summed E-state index contributed by atoms with van der Waals surface area (Å²) in [6, 6.07) is 5.13. The van der Waals surface area contributed by atoms with Gasteiger partial charge in [0.1, 0.15) is 23.1 Å². The van der Waals surface area contributed by atoms with Gasteiger partial charge in [-0.1, -0.05) is 17.7 Å². The number of alkyl carbamates (subject to hydrolysis) is 1. The van der Waals surface area contributed by atoms with Crippen LogP contribution in [-0.4, -0.2) is 21.2 Å². The maximum absolute atomic E-state index is 13.9. The Morgan fingerprint density at radius 2 is 1.81 bits per heavy atom. The summed E-state index contributed by atoms with van der Waals surface area (Å²) in [4.78, 5) is 30.2.